The Hall–Kier alpha value is -1.01. The van der Waals surface area contributed by atoms with Crippen LogP contribution in [0, 0.1) is 17.0 Å². The minimum atomic E-state index is -1.27. The highest BCUT2D eigenvalue weighted by Gasteiger charge is 2.52. The predicted octanol–water partition coefficient (Wildman–Crippen LogP) is 3.59. The molecule has 1 saturated heterocycles. The maximum atomic E-state index is 13.3. The lowest BCUT2D eigenvalue weighted by molar-refractivity contribution is -0.155. The second kappa shape index (κ2) is 5.65. The number of halogens is 3. The fourth-order valence-electron chi connectivity index (χ4n) is 2.13. The van der Waals surface area contributed by atoms with Gasteiger partial charge in [0.2, 0.25) is 6.29 Å². The molecule has 0 aromatic heterocycles. The van der Waals surface area contributed by atoms with Crippen molar-refractivity contribution in [3.05, 3.63) is 35.4 Å². The summed E-state index contributed by atoms with van der Waals surface area (Å²) in [5, 5.41) is 0.184. The Morgan fingerprint density at radius 1 is 1.24 bits per heavy atom. The van der Waals surface area contributed by atoms with Gasteiger partial charge < -0.3 is 9.47 Å². The lowest BCUT2D eigenvalue weighted by Gasteiger charge is -2.27. The molecule has 3 nitrogen and oxygen atoms in total. The van der Waals surface area contributed by atoms with Gasteiger partial charge in [-0.3, -0.25) is 0 Å². The molecule has 0 aliphatic carbocycles. The van der Waals surface area contributed by atoms with Crippen LogP contribution in [-0.4, -0.2) is 23.2 Å². The number of esters is 1. The summed E-state index contributed by atoms with van der Waals surface area (Å²) in [5.41, 5.74) is -1.30. The summed E-state index contributed by atoms with van der Waals surface area (Å²) in [6.07, 6.45) is -0.654. The number of rotatable bonds is 3. The van der Waals surface area contributed by atoms with Gasteiger partial charge in [-0.2, -0.15) is 0 Å². The van der Waals surface area contributed by atoms with Crippen LogP contribution in [0.15, 0.2) is 18.2 Å². The Bertz CT molecular complexity index is 536. The molecule has 2 atom stereocenters. The largest absolute Gasteiger partial charge is 0.433 e. The van der Waals surface area contributed by atoms with Gasteiger partial charge in [-0.15, -0.1) is 0 Å². The van der Waals surface area contributed by atoms with Crippen LogP contribution in [-0.2, 0) is 20.7 Å². The number of hydrogen-bond acceptors (Lipinski definition) is 3. The molecule has 1 fully saturated rings. The van der Waals surface area contributed by atoms with Crippen molar-refractivity contribution in [2.45, 2.75) is 39.1 Å². The Balaban J connectivity index is 2.28. The second-order valence-corrected chi connectivity index (χ2v) is 6.86. The van der Waals surface area contributed by atoms with Gasteiger partial charge in [-0.1, -0.05) is 36.7 Å². The van der Waals surface area contributed by atoms with Crippen LogP contribution in [0.25, 0.3) is 0 Å². The van der Waals surface area contributed by atoms with Gasteiger partial charge in [0, 0.05) is 23.2 Å². The third-order valence-electron chi connectivity index (χ3n) is 3.25. The fourth-order valence-corrected chi connectivity index (χ4v) is 2.68. The highest BCUT2D eigenvalue weighted by Crippen LogP contribution is 2.37. The van der Waals surface area contributed by atoms with E-state index in [4.69, 9.17) is 9.47 Å². The summed E-state index contributed by atoms with van der Waals surface area (Å²) in [6.45, 7) is 5.66. The summed E-state index contributed by atoms with van der Waals surface area (Å²) >= 11 is 3.25. The number of ether oxygens (including phenoxy) is 2. The first kappa shape index (κ1) is 16.4. The monoisotopic (exact) mass is 362 g/mol. The molecule has 0 bridgehead atoms. The van der Waals surface area contributed by atoms with E-state index in [1.54, 1.807) is 0 Å². The Morgan fingerprint density at radius 3 is 2.24 bits per heavy atom. The molecule has 1 aliphatic heterocycles. The molecule has 116 valence electrons. The van der Waals surface area contributed by atoms with Gasteiger partial charge in [-0.05, 0) is 17.7 Å². The van der Waals surface area contributed by atoms with Crippen LogP contribution in [0.3, 0.4) is 0 Å². The summed E-state index contributed by atoms with van der Waals surface area (Å²) in [7, 11) is 0. The van der Waals surface area contributed by atoms with Crippen molar-refractivity contribution < 1.29 is 23.0 Å². The normalized spacial score (nSPS) is 26.0. The molecule has 0 amide bonds. The number of carbonyl (C=O) groups is 1. The molecule has 0 spiro atoms. The lowest BCUT2D eigenvalue weighted by Crippen LogP contribution is -2.41. The molecular formula is C15H17BrF2O3. The van der Waals surface area contributed by atoms with Gasteiger partial charge >= 0.3 is 5.97 Å². The zero-order valence-electron chi connectivity index (χ0n) is 12.1. The Labute approximate surface area is 130 Å². The molecule has 1 aromatic rings. The number of alkyl halides is 1. The summed E-state index contributed by atoms with van der Waals surface area (Å²) in [6, 6.07) is 3.17. The van der Waals surface area contributed by atoms with Crippen LogP contribution in [0.5, 0.6) is 0 Å². The molecule has 21 heavy (non-hydrogen) atoms. The second-order valence-electron chi connectivity index (χ2n) is 6.30. The lowest BCUT2D eigenvalue weighted by atomic mass is 9.95. The SMILES string of the molecule is CC(C)(C)[C@@H]1OC(=O)[C@@](CBr)(Cc2cc(F)cc(F)c2)O1. The zero-order valence-corrected chi connectivity index (χ0v) is 13.7. The van der Waals surface area contributed by atoms with E-state index in [9.17, 15) is 13.6 Å². The molecule has 1 heterocycles. The van der Waals surface area contributed by atoms with E-state index in [2.05, 4.69) is 15.9 Å². The van der Waals surface area contributed by atoms with Crippen molar-refractivity contribution in [3.8, 4) is 0 Å². The fraction of sp³-hybridized carbons (Fsp3) is 0.533. The Kier molecular flexibility index (Phi) is 4.40. The highest BCUT2D eigenvalue weighted by molar-refractivity contribution is 9.09. The van der Waals surface area contributed by atoms with Crippen molar-refractivity contribution in [2.24, 2.45) is 5.41 Å². The third kappa shape index (κ3) is 3.43. The quantitative estimate of drug-likeness (QED) is 0.608. The minimum absolute atomic E-state index is 0.0400. The summed E-state index contributed by atoms with van der Waals surface area (Å²) < 4.78 is 37.7. The predicted molar refractivity (Wildman–Crippen MR) is 77.0 cm³/mol. The van der Waals surface area contributed by atoms with Crippen molar-refractivity contribution in [1.82, 2.24) is 0 Å². The first-order valence-electron chi connectivity index (χ1n) is 6.56. The van der Waals surface area contributed by atoms with Crippen LogP contribution in [0.4, 0.5) is 8.78 Å². The maximum absolute atomic E-state index is 13.3. The van der Waals surface area contributed by atoms with E-state index in [1.807, 2.05) is 20.8 Å². The molecule has 0 saturated carbocycles. The van der Waals surface area contributed by atoms with Gasteiger partial charge in [0.25, 0.3) is 0 Å². The molecule has 1 aliphatic rings. The van der Waals surface area contributed by atoms with E-state index >= 15 is 0 Å². The molecule has 2 rings (SSSR count). The van der Waals surface area contributed by atoms with Crippen molar-refractivity contribution in [1.29, 1.82) is 0 Å². The smallest absolute Gasteiger partial charge is 0.342 e. The van der Waals surface area contributed by atoms with Crippen LogP contribution >= 0.6 is 15.9 Å². The first-order valence-corrected chi connectivity index (χ1v) is 7.68. The van der Waals surface area contributed by atoms with Crippen molar-refractivity contribution in [2.75, 3.05) is 5.33 Å². The average Bonchev–Trinajstić information content (AvgIpc) is 2.66. The van der Waals surface area contributed by atoms with E-state index in [0.717, 1.165) is 6.07 Å². The van der Waals surface area contributed by atoms with Crippen molar-refractivity contribution >= 4 is 21.9 Å². The van der Waals surface area contributed by atoms with E-state index < -0.39 is 29.5 Å². The molecule has 0 N–H and O–H groups in total. The third-order valence-corrected chi connectivity index (χ3v) is 4.16. The molecule has 0 radical (unpaired) electrons. The molecule has 0 unspecified atom stereocenters. The topological polar surface area (TPSA) is 35.5 Å². The maximum Gasteiger partial charge on any atom is 0.342 e. The summed E-state index contributed by atoms with van der Waals surface area (Å²) in [5.74, 6) is -1.90. The van der Waals surface area contributed by atoms with Crippen LogP contribution in [0.1, 0.15) is 26.3 Å². The molecular weight excluding hydrogens is 346 g/mol. The average molecular weight is 363 g/mol. The van der Waals surface area contributed by atoms with Gasteiger partial charge in [0.1, 0.15) is 11.6 Å². The van der Waals surface area contributed by atoms with Crippen LogP contribution < -0.4 is 0 Å². The first-order chi connectivity index (χ1) is 9.66. The number of carbonyl (C=O) groups excluding carboxylic acids is 1. The Morgan fingerprint density at radius 2 is 1.81 bits per heavy atom. The van der Waals surface area contributed by atoms with Crippen molar-refractivity contribution in [3.63, 3.8) is 0 Å². The standard InChI is InChI=1S/C15H17BrF2O3/c1-14(2,3)13-20-12(19)15(8-16,21-13)7-9-4-10(17)6-11(18)5-9/h4-6,13H,7-8H2,1-3H3/t13-,15+/m1/s1. The highest BCUT2D eigenvalue weighted by atomic mass is 79.9. The van der Waals surface area contributed by atoms with Gasteiger partial charge in [0.05, 0.1) is 0 Å². The van der Waals surface area contributed by atoms with E-state index in [-0.39, 0.29) is 17.2 Å². The number of cyclic esters (lactones) is 1. The van der Waals surface area contributed by atoms with E-state index in [1.165, 1.54) is 12.1 Å². The minimum Gasteiger partial charge on any atom is -0.433 e. The number of hydrogen-bond donors (Lipinski definition) is 0. The zero-order chi connectivity index (χ0) is 15.8. The summed E-state index contributed by atoms with van der Waals surface area (Å²) in [4.78, 5) is 12.2. The van der Waals surface area contributed by atoms with E-state index in [0.29, 0.717) is 5.56 Å². The molecule has 6 heteroatoms. The molecule has 1 aromatic carbocycles. The van der Waals surface area contributed by atoms with Gasteiger partial charge in [-0.25, -0.2) is 13.6 Å². The van der Waals surface area contributed by atoms with Gasteiger partial charge in [0.15, 0.2) is 5.60 Å². The number of benzene rings is 1. The van der Waals surface area contributed by atoms with Crippen LogP contribution in [0.2, 0.25) is 0 Å².